The van der Waals surface area contributed by atoms with Crippen LogP contribution in [0.1, 0.15) is 108 Å². The van der Waals surface area contributed by atoms with Gasteiger partial charge in [-0.05, 0) is 85.3 Å². The number of benzene rings is 3. The van der Waals surface area contributed by atoms with Crippen LogP contribution in [0, 0.1) is 10.8 Å². The van der Waals surface area contributed by atoms with Gasteiger partial charge in [0.25, 0.3) is 5.91 Å². The summed E-state index contributed by atoms with van der Waals surface area (Å²) in [4.78, 5) is 20.8. The lowest BCUT2D eigenvalue weighted by atomic mass is 9.64. The minimum absolute atomic E-state index is 0.0165. The largest absolute Gasteiger partial charge is 0.268 e. The number of hydrogen-bond acceptors (Lipinski definition) is 4. The predicted octanol–water partition coefficient (Wildman–Crippen LogP) is 8.64. The van der Waals surface area contributed by atoms with Crippen molar-refractivity contribution in [2.24, 2.45) is 15.8 Å². The second kappa shape index (κ2) is 10.8. The summed E-state index contributed by atoms with van der Waals surface area (Å²) in [7, 11) is -1.87. The standard InChI is InChI=1S/C37H47N3O3S/c1-8-36(9-2,37(10-3,11-4)44(42,43)39(7)27-21-22-35(5,6)24-27)23-26-20-19-25-15-14-18-30-31(25)32(26)40-33(38-30)28-16-12-13-17-29(28)34(40)41/h12-20,27H,8-11,21-24H2,1-7H3. The lowest BCUT2D eigenvalue weighted by Crippen LogP contribution is -2.59. The van der Waals surface area contributed by atoms with E-state index >= 15 is 8.42 Å². The highest BCUT2D eigenvalue weighted by atomic mass is 32.2. The molecule has 6 rings (SSSR count). The van der Waals surface area contributed by atoms with Crippen molar-refractivity contribution in [3.8, 4) is 0 Å². The first-order valence-corrected chi connectivity index (χ1v) is 17.9. The Kier molecular flexibility index (Phi) is 7.60. The molecule has 0 aromatic heterocycles. The topological polar surface area (TPSA) is 70.0 Å². The second-order valence-electron chi connectivity index (χ2n) is 14.0. The van der Waals surface area contributed by atoms with Crippen LogP contribution in [0.2, 0.25) is 0 Å². The Balaban J connectivity index is 1.52. The van der Waals surface area contributed by atoms with E-state index in [9.17, 15) is 4.79 Å². The van der Waals surface area contributed by atoms with Gasteiger partial charge in [-0.3, -0.25) is 9.69 Å². The molecule has 1 fully saturated rings. The van der Waals surface area contributed by atoms with Gasteiger partial charge in [-0.2, -0.15) is 0 Å². The van der Waals surface area contributed by atoms with Crippen molar-refractivity contribution in [3.63, 3.8) is 0 Å². The monoisotopic (exact) mass is 613 g/mol. The Morgan fingerprint density at radius 1 is 0.932 bits per heavy atom. The maximum absolute atomic E-state index is 15.0. The number of carbonyl (C=O) groups is 1. The van der Waals surface area contributed by atoms with Crippen molar-refractivity contribution in [2.75, 3.05) is 11.9 Å². The summed E-state index contributed by atoms with van der Waals surface area (Å²) in [6.07, 6.45) is 5.85. The molecule has 3 aliphatic rings. The zero-order chi connectivity index (χ0) is 31.7. The Bertz CT molecular complexity index is 1770. The summed E-state index contributed by atoms with van der Waals surface area (Å²) in [6, 6.07) is 18.0. The van der Waals surface area contributed by atoms with E-state index in [-0.39, 0.29) is 17.4 Å². The Labute approximate surface area is 263 Å². The van der Waals surface area contributed by atoms with Crippen molar-refractivity contribution in [1.29, 1.82) is 0 Å². The fourth-order valence-electron chi connectivity index (χ4n) is 9.00. The normalized spacial score (nSPS) is 19.5. The first-order chi connectivity index (χ1) is 20.9. The van der Waals surface area contributed by atoms with Crippen LogP contribution >= 0.6 is 0 Å². The number of carbonyl (C=O) groups excluding carboxylic acids is 1. The quantitative estimate of drug-likeness (QED) is 0.230. The summed E-state index contributed by atoms with van der Waals surface area (Å²) >= 11 is 0. The first-order valence-electron chi connectivity index (χ1n) is 16.5. The molecule has 0 saturated heterocycles. The van der Waals surface area contributed by atoms with E-state index in [1.807, 2.05) is 43.4 Å². The molecule has 3 aromatic rings. The molecule has 1 aliphatic carbocycles. The summed E-state index contributed by atoms with van der Waals surface area (Å²) in [5.74, 6) is 0.583. The molecule has 1 unspecified atom stereocenters. The van der Waals surface area contributed by atoms with Crippen LogP contribution in [0.3, 0.4) is 0 Å². The van der Waals surface area contributed by atoms with Crippen molar-refractivity contribution in [2.45, 2.75) is 104 Å². The molecule has 2 aliphatic heterocycles. The molecule has 0 spiro atoms. The summed E-state index contributed by atoms with van der Waals surface area (Å²) in [6.45, 7) is 12.9. The number of amidine groups is 1. The molecular weight excluding hydrogens is 566 g/mol. The number of fused-ring (bicyclic) bond motifs is 4. The van der Waals surface area contributed by atoms with Gasteiger partial charge in [-0.1, -0.05) is 84.0 Å². The lowest BCUT2D eigenvalue weighted by molar-refractivity contribution is 0.101. The number of anilines is 1. The SMILES string of the molecule is CCC(CC)(Cc1ccc2cccc3c2c1N1C(=O)c2ccccc2C1=N3)C(CC)(CC)S(=O)(=O)N(C)C1CCC(C)(C)C1. The van der Waals surface area contributed by atoms with Crippen LogP contribution in [0.25, 0.3) is 10.8 Å². The van der Waals surface area contributed by atoms with Gasteiger partial charge in [0.2, 0.25) is 10.0 Å². The summed E-state index contributed by atoms with van der Waals surface area (Å²) in [5.41, 5.74) is 3.80. The molecule has 0 radical (unpaired) electrons. The van der Waals surface area contributed by atoms with E-state index in [4.69, 9.17) is 4.99 Å². The van der Waals surface area contributed by atoms with Crippen LogP contribution in [0.5, 0.6) is 0 Å². The number of sulfonamides is 1. The maximum Gasteiger partial charge on any atom is 0.264 e. The van der Waals surface area contributed by atoms with Crippen LogP contribution in [0.15, 0.2) is 59.6 Å². The van der Waals surface area contributed by atoms with Gasteiger partial charge in [0.1, 0.15) is 5.84 Å². The molecule has 3 aromatic carbocycles. The molecule has 1 saturated carbocycles. The van der Waals surface area contributed by atoms with Gasteiger partial charge in [-0.15, -0.1) is 0 Å². The second-order valence-corrected chi connectivity index (χ2v) is 16.3. The van der Waals surface area contributed by atoms with Gasteiger partial charge in [0.05, 0.1) is 21.7 Å². The highest BCUT2D eigenvalue weighted by Gasteiger charge is 2.58. The number of amides is 1. The Hall–Kier alpha value is -3.03. The molecular formula is C37H47N3O3S. The smallest absolute Gasteiger partial charge is 0.264 e. The highest BCUT2D eigenvalue weighted by Crippen LogP contribution is 2.55. The van der Waals surface area contributed by atoms with E-state index in [0.29, 0.717) is 43.5 Å². The molecule has 7 heteroatoms. The minimum atomic E-state index is -3.70. The van der Waals surface area contributed by atoms with E-state index in [1.54, 1.807) is 9.21 Å². The molecule has 1 amide bonds. The number of hydrogen-bond donors (Lipinski definition) is 0. The van der Waals surface area contributed by atoms with Crippen molar-refractivity contribution in [1.82, 2.24) is 4.31 Å². The van der Waals surface area contributed by atoms with Crippen LogP contribution in [0.4, 0.5) is 11.4 Å². The fourth-order valence-corrected chi connectivity index (χ4v) is 11.8. The van der Waals surface area contributed by atoms with E-state index in [1.165, 1.54) is 0 Å². The van der Waals surface area contributed by atoms with Gasteiger partial charge in [0.15, 0.2) is 0 Å². The van der Waals surface area contributed by atoms with Crippen LogP contribution < -0.4 is 4.90 Å². The van der Waals surface area contributed by atoms with Crippen LogP contribution in [-0.4, -0.2) is 42.3 Å². The zero-order valence-electron chi connectivity index (χ0n) is 27.4. The third-order valence-corrected chi connectivity index (χ3v) is 14.7. The van der Waals surface area contributed by atoms with Crippen molar-refractivity contribution < 1.29 is 13.2 Å². The Morgan fingerprint density at radius 2 is 1.61 bits per heavy atom. The van der Waals surface area contributed by atoms with Gasteiger partial charge in [-0.25, -0.2) is 17.7 Å². The number of aliphatic imine (C=N–C) groups is 1. The van der Waals surface area contributed by atoms with E-state index in [0.717, 1.165) is 52.5 Å². The predicted molar refractivity (Wildman–Crippen MR) is 182 cm³/mol. The Morgan fingerprint density at radius 3 is 2.23 bits per heavy atom. The zero-order valence-corrected chi connectivity index (χ0v) is 28.2. The molecule has 0 N–H and O–H groups in total. The molecule has 0 bridgehead atoms. The van der Waals surface area contributed by atoms with E-state index in [2.05, 4.69) is 59.7 Å². The molecule has 44 heavy (non-hydrogen) atoms. The minimum Gasteiger partial charge on any atom is -0.268 e. The lowest BCUT2D eigenvalue weighted by Gasteiger charge is -2.51. The molecule has 1 atom stereocenters. The number of nitrogens with zero attached hydrogens (tertiary/aromatic N) is 3. The fraction of sp³-hybridized carbons (Fsp3) is 0.514. The highest BCUT2D eigenvalue weighted by molar-refractivity contribution is 7.90. The average Bonchev–Trinajstić information content (AvgIpc) is 3.53. The summed E-state index contributed by atoms with van der Waals surface area (Å²) < 4.78 is 30.8. The van der Waals surface area contributed by atoms with Crippen molar-refractivity contribution in [3.05, 3.63) is 71.3 Å². The van der Waals surface area contributed by atoms with Gasteiger partial charge in [0, 0.05) is 24.0 Å². The van der Waals surface area contributed by atoms with Crippen LogP contribution in [-0.2, 0) is 16.4 Å². The summed E-state index contributed by atoms with van der Waals surface area (Å²) in [5, 5.41) is 1.99. The first kappa shape index (κ1) is 31.0. The van der Waals surface area contributed by atoms with Crippen molar-refractivity contribution >= 4 is 43.9 Å². The number of rotatable bonds is 10. The molecule has 2 heterocycles. The molecule has 6 nitrogen and oxygen atoms in total. The maximum atomic E-state index is 15.0. The van der Waals surface area contributed by atoms with Gasteiger partial charge >= 0.3 is 0 Å². The third-order valence-electron chi connectivity index (χ3n) is 11.7. The van der Waals surface area contributed by atoms with Gasteiger partial charge < -0.3 is 0 Å². The average molecular weight is 614 g/mol. The van der Waals surface area contributed by atoms with E-state index < -0.39 is 20.2 Å². The third kappa shape index (κ3) is 4.25. The molecule has 234 valence electrons.